The molecule has 32 heavy (non-hydrogen) atoms. The number of nitrogens with zero attached hydrogens (tertiary/aromatic N) is 4. The maximum Gasteiger partial charge on any atom is 0.255 e. The lowest BCUT2D eigenvalue weighted by molar-refractivity contribution is 0.100. The van der Waals surface area contributed by atoms with Gasteiger partial charge in [-0.3, -0.25) is 4.79 Å². The van der Waals surface area contributed by atoms with Gasteiger partial charge in [0, 0.05) is 31.8 Å². The molecule has 1 amide bonds. The Morgan fingerprint density at radius 1 is 1.34 bits per heavy atom. The molecule has 166 valence electrons. The summed E-state index contributed by atoms with van der Waals surface area (Å²) in [5.41, 5.74) is 13.5. The molecule has 3 aromatic rings. The number of fused-ring (bicyclic) bond motifs is 1. The maximum absolute atomic E-state index is 14.8. The Hall–Kier alpha value is -3.42. The van der Waals surface area contributed by atoms with Crippen molar-refractivity contribution in [3.63, 3.8) is 0 Å². The number of methoxy groups -OCH3 is 1. The topological polar surface area (TPSA) is 126 Å². The van der Waals surface area contributed by atoms with Gasteiger partial charge in [0.1, 0.15) is 17.2 Å². The minimum atomic E-state index is -0.725. The van der Waals surface area contributed by atoms with E-state index < -0.39 is 11.7 Å². The third kappa shape index (κ3) is 3.59. The number of anilines is 1. The number of rotatable bonds is 5. The molecule has 2 aromatic heterocycles. The molecular weight excluding hydrogens is 413 g/mol. The molecule has 2 aliphatic rings. The van der Waals surface area contributed by atoms with E-state index in [0.29, 0.717) is 24.7 Å². The van der Waals surface area contributed by atoms with Crippen molar-refractivity contribution in [3.8, 4) is 11.8 Å². The first-order valence-corrected chi connectivity index (χ1v) is 10.5. The number of aromatic nitrogens is 4. The first kappa shape index (κ1) is 20.5. The number of hydrogen-bond donors (Lipinski definition) is 3. The third-order valence-electron chi connectivity index (χ3n) is 6.03. The predicted molar refractivity (Wildman–Crippen MR) is 116 cm³/mol. The van der Waals surface area contributed by atoms with Crippen LogP contribution in [0.2, 0.25) is 0 Å². The zero-order chi connectivity index (χ0) is 22.4. The van der Waals surface area contributed by atoms with Crippen LogP contribution in [0.1, 0.15) is 53.0 Å². The van der Waals surface area contributed by atoms with E-state index >= 15 is 0 Å². The highest BCUT2D eigenvalue weighted by molar-refractivity contribution is 5.99. The van der Waals surface area contributed by atoms with E-state index in [2.05, 4.69) is 27.2 Å². The number of benzene rings is 1. The summed E-state index contributed by atoms with van der Waals surface area (Å²) in [7, 11) is 1.64. The van der Waals surface area contributed by atoms with E-state index in [-0.39, 0.29) is 34.7 Å². The van der Waals surface area contributed by atoms with Crippen LogP contribution in [0.3, 0.4) is 0 Å². The average molecular weight is 437 g/mol. The quantitative estimate of drug-likeness (QED) is 0.517. The van der Waals surface area contributed by atoms with E-state index in [0.717, 1.165) is 24.8 Å². The molecule has 1 aliphatic heterocycles. The molecule has 0 unspecified atom stereocenters. The predicted octanol–water partition coefficient (Wildman–Crippen LogP) is 1.34. The van der Waals surface area contributed by atoms with E-state index in [1.807, 2.05) is 4.57 Å². The Balaban J connectivity index is 1.48. The molecule has 0 spiro atoms. The largest absolute Gasteiger partial charge is 0.383 e. The fourth-order valence-corrected chi connectivity index (χ4v) is 4.28. The van der Waals surface area contributed by atoms with Crippen LogP contribution in [-0.4, -0.2) is 51.5 Å². The Kier molecular flexibility index (Phi) is 5.07. The fraction of sp³-hybridized carbons (Fsp3) is 0.409. The van der Waals surface area contributed by atoms with Gasteiger partial charge in [0.05, 0.1) is 35.6 Å². The van der Waals surface area contributed by atoms with Crippen molar-refractivity contribution in [3.05, 3.63) is 41.1 Å². The smallest absolute Gasteiger partial charge is 0.255 e. The van der Waals surface area contributed by atoms with Crippen LogP contribution in [0.15, 0.2) is 18.5 Å². The van der Waals surface area contributed by atoms with Gasteiger partial charge in [0.25, 0.3) is 5.91 Å². The minimum absolute atomic E-state index is 0.0483. The highest BCUT2D eigenvalue weighted by Gasteiger charge is 2.30. The molecule has 9 nitrogen and oxygen atoms in total. The number of nitrogen functional groups attached to an aromatic ring is 1. The van der Waals surface area contributed by atoms with Gasteiger partial charge in [-0.15, -0.1) is 0 Å². The van der Waals surface area contributed by atoms with Crippen LogP contribution < -0.4 is 16.8 Å². The SMILES string of the molecule is COC[C@H]1C[C@H](n2nc(C#Cc3cc4ncn(C5CC5)c4cc3F)c(C(N)=O)c2N)CN1. The van der Waals surface area contributed by atoms with Gasteiger partial charge in [-0.2, -0.15) is 5.10 Å². The maximum atomic E-state index is 14.8. The van der Waals surface area contributed by atoms with E-state index in [9.17, 15) is 9.18 Å². The van der Waals surface area contributed by atoms with Crippen LogP contribution in [-0.2, 0) is 4.74 Å². The van der Waals surface area contributed by atoms with Crippen LogP contribution >= 0.6 is 0 Å². The summed E-state index contributed by atoms with van der Waals surface area (Å²) >= 11 is 0. The fourth-order valence-electron chi connectivity index (χ4n) is 4.28. The number of nitrogens with two attached hydrogens (primary N) is 2. The summed E-state index contributed by atoms with van der Waals surface area (Å²) in [5.74, 6) is 4.56. The summed E-state index contributed by atoms with van der Waals surface area (Å²) in [6.45, 7) is 1.19. The lowest BCUT2D eigenvalue weighted by Crippen LogP contribution is -2.25. The Morgan fingerprint density at radius 2 is 2.16 bits per heavy atom. The van der Waals surface area contributed by atoms with Crippen molar-refractivity contribution in [2.45, 2.75) is 37.4 Å². The summed E-state index contributed by atoms with van der Waals surface area (Å²) in [6, 6.07) is 3.55. The van der Waals surface area contributed by atoms with Gasteiger partial charge in [-0.1, -0.05) is 5.92 Å². The van der Waals surface area contributed by atoms with Crippen LogP contribution in [0.5, 0.6) is 0 Å². The van der Waals surface area contributed by atoms with Gasteiger partial charge in [-0.05, 0) is 31.2 Å². The second-order valence-electron chi connectivity index (χ2n) is 8.32. The number of halogens is 1. The van der Waals surface area contributed by atoms with E-state index in [1.54, 1.807) is 24.2 Å². The summed E-state index contributed by atoms with van der Waals surface area (Å²) < 4.78 is 23.5. The molecule has 5 N–H and O–H groups in total. The van der Waals surface area contributed by atoms with Crippen LogP contribution in [0.25, 0.3) is 11.0 Å². The molecule has 1 aromatic carbocycles. The second-order valence-corrected chi connectivity index (χ2v) is 8.32. The highest BCUT2D eigenvalue weighted by Crippen LogP contribution is 2.37. The van der Waals surface area contributed by atoms with Crippen molar-refractivity contribution >= 4 is 22.8 Å². The van der Waals surface area contributed by atoms with Crippen molar-refractivity contribution in [1.82, 2.24) is 24.6 Å². The molecular formula is C22H24FN7O2. The van der Waals surface area contributed by atoms with E-state index in [4.69, 9.17) is 16.2 Å². The van der Waals surface area contributed by atoms with Gasteiger partial charge >= 0.3 is 0 Å². The van der Waals surface area contributed by atoms with Crippen molar-refractivity contribution in [1.29, 1.82) is 0 Å². The number of carbonyl (C=O) groups excluding carboxylic acids is 1. The van der Waals surface area contributed by atoms with Gasteiger partial charge in [-0.25, -0.2) is 14.1 Å². The molecule has 5 rings (SSSR count). The number of hydrogen-bond acceptors (Lipinski definition) is 6. The lowest BCUT2D eigenvalue weighted by Gasteiger charge is -2.12. The molecule has 3 heterocycles. The molecule has 1 aliphatic carbocycles. The van der Waals surface area contributed by atoms with Crippen molar-refractivity contribution in [2.75, 3.05) is 26.0 Å². The third-order valence-corrected chi connectivity index (χ3v) is 6.03. The monoisotopic (exact) mass is 437 g/mol. The number of ether oxygens (including phenoxy) is 1. The zero-order valence-corrected chi connectivity index (χ0v) is 17.6. The summed E-state index contributed by atoms with van der Waals surface area (Å²) in [4.78, 5) is 16.4. The molecule has 1 saturated carbocycles. The molecule has 0 bridgehead atoms. The number of carbonyl (C=O) groups is 1. The normalized spacial score (nSPS) is 20.4. The van der Waals surface area contributed by atoms with Gasteiger partial charge in [0.15, 0.2) is 5.69 Å². The summed E-state index contributed by atoms with van der Waals surface area (Å²) in [6.07, 6.45) is 4.63. The number of nitrogens with one attached hydrogen (secondary N) is 1. The van der Waals surface area contributed by atoms with Crippen LogP contribution in [0, 0.1) is 17.7 Å². The Labute approximate surface area is 183 Å². The lowest BCUT2D eigenvalue weighted by atomic mass is 10.1. The van der Waals surface area contributed by atoms with Crippen molar-refractivity contribution < 1.29 is 13.9 Å². The average Bonchev–Trinajstić information content (AvgIpc) is 3.20. The molecule has 1 saturated heterocycles. The van der Waals surface area contributed by atoms with Gasteiger partial charge < -0.3 is 26.1 Å². The number of primary amides is 1. The highest BCUT2D eigenvalue weighted by atomic mass is 19.1. The Bertz CT molecular complexity index is 1260. The summed E-state index contributed by atoms with van der Waals surface area (Å²) in [5, 5.41) is 7.78. The van der Waals surface area contributed by atoms with Crippen LogP contribution in [0.4, 0.5) is 10.2 Å². The minimum Gasteiger partial charge on any atom is -0.383 e. The van der Waals surface area contributed by atoms with Crippen molar-refractivity contribution in [2.24, 2.45) is 5.73 Å². The second kappa shape index (κ2) is 7.93. The van der Waals surface area contributed by atoms with Gasteiger partial charge in [0.2, 0.25) is 0 Å². The van der Waals surface area contributed by atoms with E-state index in [1.165, 1.54) is 6.07 Å². The molecule has 2 fully saturated rings. The zero-order valence-electron chi connectivity index (χ0n) is 17.6. The first-order valence-electron chi connectivity index (χ1n) is 10.5. The first-order chi connectivity index (χ1) is 15.5. The molecule has 2 atom stereocenters. The number of amides is 1. The molecule has 10 heteroatoms. The molecule has 0 radical (unpaired) electrons. The number of imidazole rings is 1. The standard InChI is InChI=1S/C22H24FN7O2/c1-32-10-13-7-15(9-26-13)30-21(24)20(22(25)31)17(28-30)5-2-12-6-18-19(8-16(12)23)29(11-27-18)14-3-4-14/h6,8,11,13-15,26H,3-4,7,9-10,24H2,1H3,(H2,25,31)/t13-,15+/m1/s1. The Morgan fingerprint density at radius 3 is 2.88 bits per heavy atom.